The van der Waals surface area contributed by atoms with Gasteiger partial charge in [-0.1, -0.05) is 11.6 Å². The standard InChI is InChI=1S/C21H27ClN8O/c1-3-24-19-15(22)13(4-7-25-19)16-17-20(29-28-16)27-14(10-26-17)30-8-5-21(6-9-30)11-31-12(2)18(21)23/h4,7,10,12,18H,3,5-6,8-9,11,23H2,1-2H3,(H,24,25)(H,27,28,29)/t12-,18+/m0/s1. The van der Waals surface area contributed by atoms with Gasteiger partial charge in [0.25, 0.3) is 0 Å². The van der Waals surface area contributed by atoms with E-state index in [1.807, 2.05) is 19.2 Å². The molecule has 0 aromatic carbocycles. The molecule has 2 aliphatic rings. The number of hydrogen-bond acceptors (Lipinski definition) is 8. The number of nitrogens with one attached hydrogen (secondary N) is 2. The van der Waals surface area contributed by atoms with Crippen LogP contribution in [0.15, 0.2) is 18.5 Å². The first-order valence-corrected chi connectivity index (χ1v) is 11.1. The quantitative estimate of drug-likeness (QED) is 0.564. The van der Waals surface area contributed by atoms with Crippen LogP contribution in [0.3, 0.4) is 0 Å². The lowest BCUT2D eigenvalue weighted by Gasteiger charge is -2.41. The maximum Gasteiger partial charge on any atom is 0.202 e. The van der Waals surface area contributed by atoms with Crippen LogP contribution >= 0.6 is 11.6 Å². The average molecular weight is 443 g/mol. The first kappa shape index (κ1) is 20.4. The van der Waals surface area contributed by atoms with Gasteiger partial charge in [0.05, 0.1) is 29.6 Å². The van der Waals surface area contributed by atoms with Crippen molar-refractivity contribution in [1.29, 1.82) is 0 Å². The molecule has 2 fully saturated rings. The number of piperidine rings is 1. The van der Waals surface area contributed by atoms with Crippen LogP contribution in [0.1, 0.15) is 26.7 Å². The van der Waals surface area contributed by atoms with E-state index in [1.54, 1.807) is 6.20 Å². The van der Waals surface area contributed by atoms with Crippen LogP contribution in [0.25, 0.3) is 22.4 Å². The van der Waals surface area contributed by atoms with Crippen LogP contribution in [0.2, 0.25) is 5.02 Å². The van der Waals surface area contributed by atoms with Crippen molar-refractivity contribution >= 4 is 34.4 Å². The van der Waals surface area contributed by atoms with Gasteiger partial charge in [0.1, 0.15) is 17.2 Å². The van der Waals surface area contributed by atoms with E-state index < -0.39 is 0 Å². The molecule has 4 N–H and O–H groups in total. The van der Waals surface area contributed by atoms with E-state index >= 15 is 0 Å². The molecule has 0 saturated carbocycles. The highest BCUT2D eigenvalue weighted by atomic mass is 35.5. The highest BCUT2D eigenvalue weighted by molar-refractivity contribution is 6.35. The van der Waals surface area contributed by atoms with E-state index in [0.29, 0.717) is 22.0 Å². The molecular formula is C21H27ClN8O. The van der Waals surface area contributed by atoms with Crippen molar-refractivity contribution in [3.05, 3.63) is 23.5 Å². The Balaban J connectivity index is 1.39. The van der Waals surface area contributed by atoms with Gasteiger partial charge in [-0.15, -0.1) is 0 Å². The number of rotatable bonds is 4. The van der Waals surface area contributed by atoms with Crippen molar-refractivity contribution in [2.75, 3.05) is 36.5 Å². The molecule has 0 bridgehead atoms. The minimum absolute atomic E-state index is 0.0786. The molecule has 0 amide bonds. The molecule has 31 heavy (non-hydrogen) atoms. The molecule has 10 heteroatoms. The predicted molar refractivity (Wildman–Crippen MR) is 121 cm³/mol. The van der Waals surface area contributed by atoms with Crippen molar-refractivity contribution in [2.45, 2.75) is 38.8 Å². The van der Waals surface area contributed by atoms with E-state index in [0.717, 1.165) is 56.2 Å². The van der Waals surface area contributed by atoms with E-state index in [9.17, 15) is 0 Å². The molecule has 3 aromatic rings. The van der Waals surface area contributed by atoms with E-state index in [-0.39, 0.29) is 17.6 Å². The third kappa shape index (κ3) is 3.40. The summed E-state index contributed by atoms with van der Waals surface area (Å²) in [6.45, 7) is 7.30. The predicted octanol–water partition coefficient (Wildman–Crippen LogP) is 2.83. The summed E-state index contributed by atoms with van der Waals surface area (Å²) in [7, 11) is 0. The Kier molecular flexibility index (Phi) is 5.19. The molecule has 2 aliphatic heterocycles. The molecule has 9 nitrogen and oxygen atoms in total. The zero-order valence-electron chi connectivity index (χ0n) is 17.7. The van der Waals surface area contributed by atoms with Crippen LogP contribution in [0.5, 0.6) is 0 Å². The summed E-state index contributed by atoms with van der Waals surface area (Å²) >= 11 is 6.56. The maximum atomic E-state index is 6.56. The average Bonchev–Trinajstić information content (AvgIpc) is 3.32. The summed E-state index contributed by atoms with van der Waals surface area (Å²) in [6, 6.07) is 1.94. The highest BCUT2D eigenvalue weighted by Crippen LogP contribution is 2.42. The van der Waals surface area contributed by atoms with Gasteiger partial charge >= 0.3 is 0 Å². The molecule has 0 radical (unpaired) electrons. The van der Waals surface area contributed by atoms with Crippen molar-refractivity contribution in [1.82, 2.24) is 25.1 Å². The second-order valence-electron chi connectivity index (χ2n) is 8.44. The van der Waals surface area contributed by atoms with Crippen LogP contribution in [0.4, 0.5) is 11.6 Å². The summed E-state index contributed by atoms with van der Waals surface area (Å²) in [5.74, 6) is 1.47. The fourth-order valence-corrected chi connectivity index (χ4v) is 4.98. The van der Waals surface area contributed by atoms with Gasteiger partial charge in [-0.25, -0.2) is 15.0 Å². The molecule has 2 atom stereocenters. The molecule has 3 aromatic heterocycles. The van der Waals surface area contributed by atoms with Gasteiger partial charge in [0.2, 0.25) is 5.65 Å². The van der Waals surface area contributed by atoms with Crippen molar-refractivity contribution in [2.24, 2.45) is 11.1 Å². The van der Waals surface area contributed by atoms with Gasteiger partial charge in [0, 0.05) is 42.9 Å². The molecule has 1 spiro atoms. The number of anilines is 2. The number of aromatic nitrogens is 5. The van der Waals surface area contributed by atoms with Crippen LogP contribution in [0, 0.1) is 5.41 Å². The summed E-state index contributed by atoms with van der Waals surface area (Å²) in [4.78, 5) is 16.0. The zero-order valence-corrected chi connectivity index (χ0v) is 18.5. The van der Waals surface area contributed by atoms with Crippen LogP contribution in [-0.2, 0) is 4.74 Å². The van der Waals surface area contributed by atoms with Crippen LogP contribution in [-0.4, -0.2) is 63.5 Å². The van der Waals surface area contributed by atoms with Gasteiger partial charge in [-0.3, -0.25) is 5.10 Å². The number of hydrogen-bond donors (Lipinski definition) is 3. The Morgan fingerprint density at radius 1 is 1.35 bits per heavy atom. The Labute approximate surface area is 185 Å². The Morgan fingerprint density at radius 3 is 2.87 bits per heavy atom. The normalized spacial score (nSPS) is 23.0. The van der Waals surface area contributed by atoms with Gasteiger partial charge in [0.15, 0.2) is 0 Å². The molecule has 5 heterocycles. The van der Waals surface area contributed by atoms with E-state index in [1.165, 1.54) is 0 Å². The zero-order chi connectivity index (χ0) is 21.6. The molecule has 164 valence electrons. The number of halogens is 1. The van der Waals surface area contributed by atoms with Gasteiger partial charge in [-0.2, -0.15) is 5.10 Å². The molecule has 5 rings (SSSR count). The second-order valence-corrected chi connectivity index (χ2v) is 8.82. The fraction of sp³-hybridized carbons (Fsp3) is 0.524. The summed E-state index contributed by atoms with van der Waals surface area (Å²) in [6.07, 6.45) is 5.63. The van der Waals surface area contributed by atoms with Crippen molar-refractivity contribution < 1.29 is 4.74 Å². The lowest BCUT2D eigenvalue weighted by atomic mass is 9.73. The van der Waals surface area contributed by atoms with E-state index in [4.69, 9.17) is 27.1 Å². The third-order valence-electron chi connectivity index (χ3n) is 6.68. The highest BCUT2D eigenvalue weighted by Gasteiger charge is 2.47. The lowest BCUT2D eigenvalue weighted by molar-refractivity contribution is 0.0974. The van der Waals surface area contributed by atoms with Crippen molar-refractivity contribution in [3.8, 4) is 11.3 Å². The smallest absolute Gasteiger partial charge is 0.202 e. The van der Waals surface area contributed by atoms with Crippen LogP contribution < -0.4 is 16.0 Å². The van der Waals surface area contributed by atoms with Gasteiger partial charge in [-0.05, 0) is 32.8 Å². The maximum absolute atomic E-state index is 6.56. The number of nitrogens with two attached hydrogens (primary N) is 1. The second kappa shape index (κ2) is 7.89. The Hall–Kier alpha value is -2.49. The molecule has 0 aliphatic carbocycles. The number of pyridine rings is 1. The number of ether oxygens (including phenoxy) is 1. The summed E-state index contributed by atoms with van der Waals surface area (Å²) in [5, 5.41) is 11.2. The molecule has 2 saturated heterocycles. The monoisotopic (exact) mass is 442 g/mol. The molecular weight excluding hydrogens is 416 g/mol. The minimum Gasteiger partial charge on any atom is -0.376 e. The lowest BCUT2D eigenvalue weighted by Crippen LogP contribution is -2.50. The molecule has 0 unspecified atom stereocenters. The first-order chi connectivity index (χ1) is 15.0. The summed E-state index contributed by atoms with van der Waals surface area (Å²) < 4.78 is 5.83. The first-order valence-electron chi connectivity index (χ1n) is 10.7. The topological polar surface area (TPSA) is 118 Å². The fourth-order valence-electron chi connectivity index (χ4n) is 4.71. The summed E-state index contributed by atoms with van der Waals surface area (Å²) in [5.41, 5.74) is 9.31. The van der Waals surface area contributed by atoms with Crippen molar-refractivity contribution in [3.63, 3.8) is 0 Å². The number of nitrogens with zero attached hydrogens (tertiary/aromatic N) is 5. The number of H-pyrrole nitrogens is 1. The Morgan fingerprint density at radius 2 is 2.16 bits per heavy atom. The van der Waals surface area contributed by atoms with Gasteiger partial charge < -0.3 is 20.7 Å². The number of fused-ring (bicyclic) bond motifs is 1. The number of aromatic amines is 1. The van der Waals surface area contributed by atoms with E-state index in [2.05, 4.69) is 37.3 Å². The minimum atomic E-state index is 0.0786. The SMILES string of the molecule is CCNc1nccc(-c2[nH]nc3nc(N4CCC5(CC4)CO[C@@H](C)[C@H]5N)cnc23)c1Cl. The third-order valence-corrected chi connectivity index (χ3v) is 7.07. The largest absolute Gasteiger partial charge is 0.376 e. The Bertz CT molecular complexity index is 1090.